The van der Waals surface area contributed by atoms with Crippen LogP contribution in [0.4, 0.5) is 0 Å². The maximum Gasteiger partial charge on any atom is 0.191 e. The molecule has 0 aliphatic carbocycles. The summed E-state index contributed by atoms with van der Waals surface area (Å²) >= 11 is 0. The molecule has 1 aromatic heterocycles. The predicted molar refractivity (Wildman–Crippen MR) is 133 cm³/mol. The number of halogens is 1. The van der Waals surface area contributed by atoms with Crippen LogP contribution in [-0.2, 0) is 4.74 Å². The Bertz CT molecular complexity index is 611. The van der Waals surface area contributed by atoms with E-state index in [0.29, 0.717) is 0 Å². The molecule has 1 unspecified atom stereocenters. The summed E-state index contributed by atoms with van der Waals surface area (Å²) in [5.74, 6) is 1.92. The van der Waals surface area contributed by atoms with Gasteiger partial charge < -0.3 is 24.7 Å². The monoisotopic (exact) mass is 533 g/mol. The Morgan fingerprint density at radius 2 is 1.93 bits per heavy atom. The average molecular weight is 533 g/mol. The second kappa shape index (κ2) is 12.9. The van der Waals surface area contributed by atoms with Crippen LogP contribution in [0.1, 0.15) is 50.8 Å². The SMILES string of the molecule is CCNC(=NCC1(N(C)C)CCOCC1)NCC(c1ccco1)N1CCCCC1.I. The van der Waals surface area contributed by atoms with Crippen LogP contribution >= 0.6 is 24.0 Å². The van der Waals surface area contributed by atoms with Crippen molar-refractivity contribution in [1.82, 2.24) is 20.4 Å². The first-order valence-electron chi connectivity index (χ1n) is 11.2. The maximum absolute atomic E-state index is 5.78. The lowest BCUT2D eigenvalue weighted by Gasteiger charge is -2.41. The number of aliphatic imine (C=N–C) groups is 1. The lowest BCUT2D eigenvalue weighted by Crippen LogP contribution is -2.52. The second-order valence-corrected chi connectivity index (χ2v) is 8.44. The summed E-state index contributed by atoms with van der Waals surface area (Å²) in [6, 6.07) is 4.31. The number of ether oxygens (including phenoxy) is 1. The highest BCUT2D eigenvalue weighted by Gasteiger charge is 2.34. The van der Waals surface area contributed by atoms with Crippen molar-refractivity contribution in [3.63, 3.8) is 0 Å². The van der Waals surface area contributed by atoms with Gasteiger partial charge in [0.05, 0.1) is 18.8 Å². The van der Waals surface area contributed by atoms with Gasteiger partial charge in [-0.25, -0.2) is 0 Å². The van der Waals surface area contributed by atoms with E-state index >= 15 is 0 Å². The van der Waals surface area contributed by atoms with Crippen molar-refractivity contribution in [1.29, 1.82) is 0 Å². The molecule has 1 atom stereocenters. The smallest absolute Gasteiger partial charge is 0.191 e. The van der Waals surface area contributed by atoms with Gasteiger partial charge in [-0.1, -0.05) is 6.42 Å². The fourth-order valence-corrected chi connectivity index (χ4v) is 4.38. The van der Waals surface area contributed by atoms with Gasteiger partial charge in [0.15, 0.2) is 5.96 Å². The van der Waals surface area contributed by atoms with Crippen LogP contribution in [0.2, 0.25) is 0 Å². The van der Waals surface area contributed by atoms with Crippen molar-refractivity contribution in [2.24, 2.45) is 4.99 Å². The van der Waals surface area contributed by atoms with Gasteiger partial charge in [-0.15, -0.1) is 24.0 Å². The predicted octanol–water partition coefficient (Wildman–Crippen LogP) is 3.09. The lowest BCUT2D eigenvalue weighted by atomic mass is 9.89. The van der Waals surface area contributed by atoms with Gasteiger partial charge in [0.2, 0.25) is 0 Å². The van der Waals surface area contributed by atoms with E-state index in [0.717, 1.165) is 70.5 Å². The van der Waals surface area contributed by atoms with E-state index < -0.39 is 0 Å². The molecule has 2 N–H and O–H groups in total. The first-order valence-corrected chi connectivity index (χ1v) is 11.2. The molecular weight excluding hydrogens is 493 g/mol. The number of hydrogen-bond acceptors (Lipinski definition) is 5. The van der Waals surface area contributed by atoms with Crippen LogP contribution in [-0.4, -0.2) is 81.3 Å². The third-order valence-corrected chi connectivity index (χ3v) is 6.41. The number of guanidine groups is 1. The number of piperidine rings is 1. The lowest BCUT2D eigenvalue weighted by molar-refractivity contribution is -0.00255. The van der Waals surface area contributed by atoms with E-state index in [1.165, 1.54) is 19.3 Å². The molecule has 2 saturated heterocycles. The molecule has 3 rings (SSSR count). The molecular formula is C22H40IN5O2. The Hall–Kier alpha value is -0.840. The molecule has 3 heterocycles. The zero-order chi connectivity index (χ0) is 20.5. The molecule has 0 amide bonds. The minimum atomic E-state index is 0. The Kier molecular flexibility index (Phi) is 10.9. The van der Waals surface area contributed by atoms with E-state index in [1.807, 2.05) is 6.07 Å². The summed E-state index contributed by atoms with van der Waals surface area (Å²) in [6.07, 6.45) is 7.67. The van der Waals surface area contributed by atoms with Crippen molar-refractivity contribution in [3.8, 4) is 0 Å². The van der Waals surface area contributed by atoms with E-state index in [-0.39, 0.29) is 35.6 Å². The zero-order valence-corrected chi connectivity index (χ0v) is 21.2. The highest BCUT2D eigenvalue weighted by molar-refractivity contribution is 14.0. The molecule has 8 heteroatoms. The molecule has 2 fully saturated rings. The quantitative estimate of drug-likeness (QED) is 0.304. The maximum atomic E-state index is 5.78. The van der Waals surface area contributed by atoms with Crippen molar-refractivity contribution in [2.45, 2.75) is 50.6 Å². The van der Waals surface area contributed by atoms with Crippen LogP contribution in [0, 0.1) is 0 Å². The van der Waals surface area contributed by atoms with E-state index in [4.69, 9.17) is 14.1 Å². The number of furan rings is 1. The molecule has 0 spiro atoms. The van der Waals surface area contributed by atoms with E-state index in [1.54, 1.807) is 6.26 Å². The van der Waals surface area contributed by atoms with Crippen LogP contribution in [0.3, 0.4) is 0 Å². The van der Waals surface area contributed by atoms with E-state index in [2.05, 4.69) is 47.5 Å². The Labute approximate surface area is 199 Å². The zero-order valence-electron chi connectivity index (χ0n) is 18.9. The number of hydrogen-bond donors (Lipinski definition) is 2. The van der Waals surface area contributed by atoms with Gasteiger partial charge in [-0.05, 0) is 71.9 Å². The standard InChI is InChI=1S/C22H39N5O2.HI/c1-4-23-21(25-18-22(26(2)3)10-15-28-16-11-22)24-17-19(20-9-8-14-29-20)27-12-6-5-7-13-27;/h8-9,14,19H,4-7,10-13,15-18H2,1-3H3,(H2,23,24,25);1H. The van der Waals surface area contributed by atoms with E-state index in [9.17, 15) is 0 Å². The average Bonchev–Trinajstić information content (AvgIpc) is 3.28. The van der Waals surface area contributed by atoms with Crippen molar-refractivity contribution in [3.05, 3.63) is 24.2 Å². The molecule has 0 aromatic carbocycles. The molecule has 172 valence electrons. The first kappa shape index (κ1) is 25.4. The summed E-state index contributed by atoms with van der Waals surface area (Å²) < 4.78 is 11.4. The Morgan fingerprint density at radius 1 is 1.20 bits per heavy atom. The fourth-order valence-electron chi connectivity index (χ4n) is 4.38. The summed E-state index contributed by atoms with van der Waals surface area (Å²) in [4.78, 5) is 9.84. The normalized spacial score (nSPS) is 21.1. The minimum absolute atomic E-state index is 0. The first-order chi connectivity index (χ1) is 14.1. The van der Waals surface area contributed by atoms with Gasteiger partial charge in [0.1, 0.15) is 5.76 Å². The number of rotatable bonds is 8. The summed E-state index contributed by atoms with van der Waals surface area (Å²) in [6.45, 7) is 8.40. The summed E-state index contributed by atoms with van der Waals surface area (Å²) in [7, 11) is 4.31. The van der Waals surface area contributed by atoms with Crippen LogP contribution < -0.4 is 10.6 Å². The number of likely N-dealkylation sites (N-methyl/N-ethyl adjacent to an activating group) is 1. The summed E-state index contributed by atoms with van der Waals surface area (Å²) in [5, 5.41) is 7.01. The highest BCUT2D eigenvalue weighted by Crippen LogP contribution is 2.27. The van der Waals surface area contributed by atoms with Crippen molar-refractivity contribution < 1.29 is 9.15 Å². The van der Waals surface area contributed by atoms with Gasteiger partial charge in [0, 0.05) is 31.8 Å². The van der Waals surface area contributed by atoms with Gasteiger partial charge >= 0.3 is 0 Å². The molecule has 7 nitrogen and oxygen atoms in total. The van der Waals surface area contributed by atoms with Gasteiger partial charge in [-0.3, -0.25) is 9.89 Å². The molecule has 2 aliphatic heterocycles. The van der Waals surface area contributed by atoms with Crippen LogP contribution in [0.15, 0.2) is 27.8 Å². The topological polar surface area (TPSA) is 65.3 Å². The third-order valence-electron chi connectivity index (χ3n) is 6.41. The summed E-state index contributed by atoms with van der Waals surface area (Å²) in [5.41, 5.74) is 0.0773. The second-order valence-electron chi connectivity index (χ2n) is 8.44. The molecule has 2 aliphatic rings. The Balaban J connectivity index is 0.00000320. The van der Waals surface area contributed by atoms with Crippen LogP contribution in [0.25, 0.3) is 0 Å². The minimum Gasteiger partial charge on any atom is -0.468 e. The molecule has 1 aromatic rings. The van der Waals surface area contributed by atoms with Crippen molar-refractivity contribution in [2.75, 3.05) is 60.0 Å². The number of nitrogens with one attached hydrogen (secondary N) is 2. The molecule has 0 bridgehead atoms. The number of nitrogens with zero attached hydrogens (tertiary/aromatic N) is 3. The van der Waals surface area contributed by atoms with Gasteiger partial charge in [0.25, 0.3) is 0 Å². The number of likely N-dealkylation sites (tertiary alicyclic amines) is 1. The van der Waals surface area contributed by atoms with Crippen molar-refractivity contribution >= 4 is 29.9 Å². The molecule has 0 saturated carbocycles. The Morgan fingerprint density at radius 3 is 2.53 bits per heavy atom. The largest absolute Gasteiger partial charge is 0.468 e. The third kappa shape index (κ3) is 6.83. The molecule has 30 heavy (non-hydrogen) atoms. The molecule has 0 radical (unpaired) electrons. The van der Waals surface area contributed by atoms with Gasteiger partial charge in [-0.2, -0.15) is 0 Å². The fraction of sp³-hybridized carbons (Fsp3) is 0.773. The highest BCUT2D eigenvalue weighted by atomic mass is 127. The van der Waals surface area contributed by atoms with Crippen LogP contribution in [0.5, 0.6) is 0 Å².